The summed E-state index contributed by atoms with van der Waals surface area (Å²) < 4.78 is 0. The Morgan fingerprint density at radius 3 is 2.50 bits per heavy atom. The zero-order valence-electron chi connectivity index (χ0n) is 14.1. The summed E-state index contributed by atoms with van der Waals surface area (Å²) in [5, 5.41) is 13.6. The zero-order valence-corrected chi connectivity index (χ0v) is 14.1. The monoisotopic (exact) mass is 342 g/mol. The molecule has 136 valence electrons. The van der Waals surface area contributed by atoms with Crippen LogP contribution in [0.1, 0.15) is 33.1 Å². The fourth-order valence-electron chi connectivity index (χ4n) is 2.71. The number of carbonyl (C=O) groups excluding carboxylic acids is 3. The maximum atomic E-state index is 12.5. The molecule has 1 fully saturated rings. The van der Waals surface area contributed by atoms with E-state index in [2.05, 4.69) is 10.6 Å². The molecule has 5 N–H and O–H groups in total. The molecule has 0 saturated carbocycles. The summed E-state index contributed by atoms with van der Waals surface area (Å²) in [5.74, 6) is -2.30. The Morgan fingerprint density at radius 2 is 1.96 bits per heavy atom. The van der Waals surface area contributed by atoms with Gasteiger partial charge in [-0.3, -0.25) is 19.2 Å². The van der Waals surface area contributed by atoms with Crippen molar-refractivity contribution in [3.8, 4) is 0 Å². The Kier molecular flexibility index (Phi) is 7.63. The molecule has 0 aromatic heterocycles. The number of hydrogen-bond acceptors (Lipinski definition) is 5. The van der Waals surface area contributed by atoms with Crippen LogP contribution in [0.5, 0.6) is 0 Å². The molecule has 0 unspecified atom stereocenters. The SMILES string of the molecule is CC(C)C[C@H](NC(=O)[C@@H]1CCCN1C(=O)CN)C(=O)NCC(=O)O. The lowest BCUT2D eigenvalue weighted by Gasteiger charge is -2.26. The van der Waals surface area contributed by atoms with Gasteiger partial charge in [-0.25, -0.2) is 0 Å². The first-order valence-corrected chi connectivity index (χ1v) is 8.05. The molecule has 1 heterocycles. The summed E-state index contributed by atoms with van der Waals surface area (Å²) in [4.78, 5) is 48.4. The van der Waals surface area contributed by atoms with Crippen molar-refractivity contribution in [1.82, 2.24) is 15.5 Å². The van der Waals surface area contributed by atoms with Crippen LogP contribution < -0.4 is 16.4 Å². The Labute approximate surface area is 140 Å². The molecule has 24 heavy (non-hydrogen) atoms. The van der Waals surface area contributed by atoms with E-state index in [0.717, 1.165) is 0 Å². The minimum absolute atomic E-state index is 0.122. The van der Waals surface area contributed by atoms with Crippen LogP contribution in [-0.4, -0.2) is 65.4 Å². The van der Waals surface area contributed by atoms with E-state index in [1.54, 1.807) is 0 Å². The summed E-state index contributed by atoms with van der Waals surface area (Å²) in [6.07, 6.45) is 1.58. The summed E-state index contributed by atoms with van der Waals surface area (Å²) in [7, 11) is 0. The van der Waals surface area contributed by atoms with Crippen LogP contribution in [0.3, 0.4) is 0 Å². The van der Waals surface area contributed by atoms with Gasteiger partial charge in [0, 0.05) is 6.54 Å². The molecule has 0 radical (unpaired) electrons. The van der Waals surface area contributed by atoms with E-state index in [1.807, 2.05) is 13.8 Å². The van der Waals surface area contributed by atoms with Crippen LogP contribution in [-0.2, 0) is 19.2 Å². The van der Waals surface area contributed by atoms with Crippen molar-refractivity contribution in [3.05, 3.63) is 0 Å². The number of rotatable bonds is 8. The number of nitrogens with zero attached hydrogens (tertiary/aromatic N) is 1. The van der Waals surface area contributed by atoms with E-state index in [9.17, 15) is 19.2 Å². The van der Waals surface area contributed by atoms with Gasteiger partial charge < -0.3 is 26.4 Å². The fourth-order valence-corrected chi connectivity index (χ4v) is 2.71. The molecule has 1 rings (SSSR count). The molecule has 0 aromatic carbocycles. The molecule has 1 aliphatic rings. The van der Waals surface area contributed by atoms with Crippen LogP contribution in [0, 0.1) is 5.92 Å². The van der Waals surface area contributed by atoms with Crippen molar-refractivity contribution in [2.24, 2.45) is 11.7 Å². The number of carbonyl (C=O) groups is 4. The summed E-state index contributed by atoms with van der Waals surface area (Å²) in [6.45, 7) is 3.57. The standard InChI is InChI=1S/C15H26N4O5/c1-9(2)6-10(14(23)17-8-13(21)22)18-15(24)11-4-3-5-19(11)12(20)7-16/h9-11H,3-8,16H2,1-2H3,(H,17,23)(H,18,24)(H,21,22)/t10-,11-/m0/s1. The van der Waals surface area contributed by atoms with Crippen LogP contribution in [0.25, 0.3) is 0 Å². The highest BCUT2D eigenvalue weighted by Gasteiger charge is 2.35. The smallest absolute Gasteiger partial charge is 0.322 e. The van der Waals surface area contributed by atoms with Gasteiger partial charge in [-0.2, -0.15) is 0 Å². The molecule has 3 amide bonds. The van der Waals surface area contributed by atoms with E-state index in [0.29, 0.717) is 25.8 Å². The fraction of sp³-hybridized carbons (Fsp3) is 0.733. The maximum Gasteiger partial charge on any atom is 0.322 e. The number of nitrogens with one attached hydrogen (secondary N) is 2. The third kappa shape index (κ3) is 5.80. The van der Waals surface area contributed by atoms with Gasteiger partial charge in [-0.1, -0.05) is 13.8 Å². The second-order valence-corrected chi connectivity index (χ2v) is 6.25. The normalized spacial score (nSPS) is 18.3. The Hall–Kier alpha value is -2.16. The highest BCUT2D eigenvalue weighted by molar-refractivity contribution is 5.93. The van der Waals surface area contributed by atoms with E-state index in [-0.39, 0.29) is 18.4 Å². The van der Waals surface area contributed by atoms with Crippen molar-refractivity contribution in [1.29, 1.82) is 0 Å². The van der Waals surface area contributed by atoms with Gasteiger partial charge >= 0.3 is 5.97 Å². The van der Waals surface area contributed by atoms with Crippen molar-refractivity contribution in [3.63, 3.8) is 0 Å². The highest BCUT2D eigenvalue weighted by Crippen LogP contribution is 2.18. The molecule has 0 spiro atoms. The molecule has 1 saturated heterocycles. The minimum Gasteiger partial charge on any atom is -0.480 e. The van der Waals surface area contributed by atoms with Crippen molar-refractivity contribution in [2.75, 3.05) is 19.6 Å². The number of carboxylic acid groups (broad SMARTS) is 1. The topological polar surface area (TPSA) is 142 Å². The maximum absolute atomic E-state index is 12.5. The van der Waals surface area contributed by atoms with E-state index >= 15 is 0 Å². The van der Waals surface area contributed by atoms with Crippen LogP contribution in [0.4, 0.5) is 0 Å². The predicted molar refractivity (Wildman–Crippen MR) is 85.8 cm³/mol. The molecule has 9 heteroatoms. The number of aliphatic carboxylic acids is 1. The van der Waals surface area contributed by atoms with Crippen LogP contribution >= 0.6 is 0 Å². The summed E-state index contributed by atoms with van der Waals surface area (Å²) in [6, 6.07) is -1.48. The lowest BCUT2D eigenvalue weighted by Crippen LogP contribution is -2.54. The Bertz CT molecular complexity index is 494. The lowest BCUT2D eigenvalue weighted by molar-refractivity contribution is -0.140. The van der Waals surface area contributed by atoms with Gasteiger partial charge in [-0.15, -0.1) is 0 Å². The van der Waals surface area contributed by atoms with Gasteiger partial charge in [0.15, 0.2) is 0 Å². The first kappa shape index (κ1) is 19.9. The number of amides is 3. The van der Waals surface area contributed by atoms with E-state index in [1.165, 1.54) is 4.90 Å². The Balaban J connectivity index is 2.74. The van der Waals surface area contributed by atoms with Crippen molar-refractivity contribution in [2.45, 2.75) is 45.2 Å². The minimum atomic E-state index is -1.16. The summed E-state index contributed by atoms with van der Waals surface area (Å²) in [5.41, 5.74) is 5.35. The first-order valence-electron chi connectivity index (χ1n) is 8.05. The van der Waals surface area contributed by atoms with E-state index in [4.69, 9.17) is 10.8 Å². The van der Waals surface area contributed by atoms with E-state index < -0.39 is 36.4 Å². The average molecular weight is 342 g/mol. The molecule has 0 aromatic rings. The molecule has 2 atom stereocenters. The molecule has 9 nitrogen and oxygen atoms in total. The quantitative estimate of drug-likeness (QED) is 0.430. The number of carboxylic acids is 1. The largest absolute Gasteiger partial charge is 0.480 e. The zero-order chi connectivity index (χ0) is 18.3. The summed E-state index contributed by atoms with van der Waals surface area (Å²) >= 11 is 0. The predicted octanol–water partition coefficient (Wildman–Crippen LogP) is -1.33. The second kappa shape index (κ2) is 9.21. The number of likely N-dealkylation sites (tertiary alicyclic amines) is 1. The number of hydrogen-bond donors (Lipinski definition) is 4. The molecule has 1 aliphatic heterocycles. The molecule has 0 bridgehead atoms. The van der Waals surface area contributed by atoms with Gasteiger partial charge in [0.2, 0.25) is 17.7 Å². The second-order valence-electron chi connectivity index (χ2n) is 6.25. The third-order valence-electron chi connectivity index (χ3n) is 3.80. The van der Waals surface area contributed by atoms with Gasteiger partial charge in [-0.05, 0) is 25.2 Å². The van der Waals surface area contributed by atoms with Gasteiger partial charge in [0.1, 0.15) is 18.6 Å². The van der Waals surface area contributed by atoms with Crippen LogP contribution in [0.2, 0.25) is 0 Å². The third-order valence-corrected chi connectivity index (χ3v) is 3.80. The lowest BCUT2D eigenvalue weighted by atomic mass is 10.0. The van der Waals surface area contributed by atoms with Crippen molar-refractivity contribution >= 4 is 23.7 Å². The Morgan fingerprint density at radius 1 is 1.29 bits per heavy atom. The van der Waals surface area contributed by atoms with Gasteiger partial charge in [0.05, 0.1) is 6.54 Å². The molecule has 0 aliphatic carbocycles. The van der Waals surface area contributed by atoms with Gasteiger partial charge in [0.25, 0.3) is 0 Å². The van der Waals surface area contributed by atoms with Crippen LogP contribution in [0.15, 0.2) is 0 Å². The molecular formula is C15H26N4O5. The number of nitrogens with two attached hydrogens (primary N) is 1. The average Bonchev–Trinajstić information content (AvgIpc) is 3.00. The van der Waals surface area contributed by atoms with Crippen molar-refractivity contribution < 1.29 is 24.3 Å². The first-order chi connectivity index (χ1) is 11.3. The highest BCUT2D eigenvalue weighted by atomic mass is 16.4. The molecular weight excluding hydrogens is 316 g/mol.